The Morgan fingerprint density at radius 3 is 2.17 bits per heavy atom. The van der Waals surface area contributed by atoms with Crippen LogP contribution in [0, 0.1) is 11.3 Å². The molecule has 0 saturated carbocycles. The van der Waals surface area contributed by atoms with Gasteiger partial charge >= 0.3 is 0 Å². The third kappa shape index (κ3) is 4.25. The van der Waals surface area contributed by atoms with E-state index in [0.717, 1.165) is 12.8 Å². The molecular formula is C21H34O3. The Morgan fingerprint density at radius 1 is 1.17 bits per heavy atom. The van der Waals surface area contributed by atoms with Crippen molar-refractivity contribution in [2.45, 2.75) is 68.7 Å². The highest BCUT2D eigenvalue weighted by Crippen LogP contribution is 2.39. The van der Waals surface area contributed by atoms with Crippen LogP contribution in [0.1, 0.15) is 68.7 Å². The summed E-state index contributed by atoms with van der Waals surface area (Å²) < 4.78 is 5.20. The fourth-order valence-electron chi connectivity index (χ4n) is 3.05. The summed E-state index contributed by atoms with van der Waals surface area (Å²) in [4.78, 5) is 25.2. The van der Waals surface area contributed by atoms with E-state index in [-0.39, 0.29) is 24.8 Å². The third-order valence-electron chi connectivity index (χ3n) is 5.04. The van der Waals surface area contributed by atoms with Crippen molar-refractivity contribution in [3.05, 3.63) is 34.1 Å². The zero-order valence-electron chi connectivity index (χ0n) is 15.8. The first-order chi connectivity index (χ1) is 10.6. The number of methoxy groups -OCH3 is 1. The summed E-state index contributed by atoms with van der Waals surface area (Å²) in [5, 5.41) is 0. The minimum absolute atomic E-state index is 0. The fraction of sp³-hybridized carbons (Fsp3) is 0.619. The SMILES string of the molecule is C.CCC(C)/C(C)=C/CC(C)(C)C1=C(C)C(=O)C(C)=C(OC)C1=O. The second kappa shape index (κ2) is 8.46. The number of allylic oxidation sites excluding steroid dienone is 5. The van der Waals surface area contributed by atoms with Gasteiger partial charge in [0, 0.05) is 16.7 Å². The van der Waals surface area contributed by atoms with Crippen molar-refractivity contribution < 1.29 is 14.3 Å². The fourth-order valence-corrected chi connectivity index (χ4v) is 3.05. The summed E-state index contributed by atoms with van der Waals surface area (Å²) in [5.74, 6) is 0.474. The van der Waals surface area contributed by atoms with E-state index in [4.69, 9.17) is 4.74 Å². The number of hydrogen-bond acceptors (Lipinski definition) is 3. The summed E-state index contributed by atoms with van der Waals surface area (Å²) in [7, 11) is 1.45. The van der Waals surface area contributed by atoms with Gasteiger partial charge in [-0.1, -0.05) is 46.8 Å². The summed E-state index contributed by atoms with van der Waals surface area (Å²) in [6.45, 7) is 13.9. The monoisotopic (exact) mass is 334 g/mol. The smallest absolute Gasteiger partial charge is 0.224 e. The molecule has 0 saturated heterocycles. The summed E-state index contributed by atoms with van der Waals surface area (Å²) in [5.41, 5.74) is 2.45. The van der Waals surface area contributed by atoms with Gasteiger partial charge in [-0.3, -0.25) is 9.59 Å². The van der Waals surface area contributed by atoms with Gasteiger partial charge < -0.3 is 4.74 Å². The zero-order chi connectivity index (χ0) is 17.9. The Balaban J connectivity index is 0.00000529. The Labute approximate surface area is 147 Å². The van der Waals surface area contributed by atoms with Crippen molar-refractivity contribution in [3.63, 3.8) is 0 Å². The minimum Gasteiger partial charge on any atom is -0.492 e. The van der Waals surface area contributed by atoms with Crippen LogP contribution in [0.4, 0.5) is 0 Å². The van der Waals surface area contributed by atoms with Crippen molar-refractivity contribution in [1.82, 2.24) is 0 Å². The molecule has 1 aliphatic rings. The predicted molar refractivity (Wildman–Crippen MR) is 101 cm³/mol. The minimum atomic E-state index is -0.407. The second-order valence-corrected chi connectivity index (χ2v) is 7.16. The largest absolute Gasteiger partial charge is 0.492 e. The Bertz CT molecular complexity index is 601. The topological polar surface area (TPSA) is 43.4 Å². The highest BCUT2D eigenvalue weighted by Gasteiger charge is 2.38. The molecule has 3 nitrogen and oxygen atoms in total. The van der Waals surface area contributed by atoms with Crippen LogP contribution >= 0.6 is 0 Å². The van der Waals surface area contributed by atoms with Crippen molar-refractivity contribution in [2.24, 2.45) is 11.3 Å². The Morgan fingerprint density at radius 2 is 1.71 bits per heavy atom. The molecule has 0 aromatic rings. The van der Waals surface area contributed by atoms with E-state index in [9.17, 15) is 9.59 Å². The van der Waals surface area contributed by atoms with Gasteiger partial charge in [-0.05, 0) is 44.9 Å². The molecule has 0 bridgehead atoms. The molecule has 1 aliphatic carbocycles. The molecule has 136 valence electrons. The van der Waals surface area contributed by atoms with Crippen molar-refractivity contribution in [2.75, 3.05) is 7.11 Å². The zero-order valence-corrected chi connectivity index (χ0v) is 15.8. The van der Waals surface area contributed by atoms with Crippen molar-refractivity contribution in [1.29, 1.82) is 0 Å². The lowest BCUT2D eigenvalue weighted by molar-refractivity contribution is -0.119. The van der Waals surface area contributed by atoms with Crippen LogP contribution in [-0.2, 0) is 14.3 Å². The lowest BCUT2D eigenvalue weighted by Gasteiger charge is -2.31. The molecule has 0 aromatic carbocycles. The molecule has 0 heterocycles. The molecule has 0 radical (unpaired) electrons. The first-order valence-corrected chi connectivity index (χ1v) is 8.30. The number of carbonyl (C=O) groups excluding carboxylic acids is 2. The maximum Gasteiger partial charge on any atom is 0.224 e. The third-order valence-corrected chi connectivity index (χ3v) is 5.04. The lowest BCUT2D eigenvalue weighted by Crippen LogP contribution is -2.31. The summed E-state index contributed by atoms with van der Waals surface area (Å²) >= 11 is 0. The van der Waals surface area contributed by atoms with Gasteiger partial charge in [-0.15, -0.1) is 0 Å². The molecule has 0 fully saturated rings. The summed E-state index contributed by atoms with van der Waals surface area (Å²) in [6, 6.07) is 0. The molecule has 0 spiro atoms. The van der Waals surface area contributed by atoms with Crippen LogP contribution in [0.5, 0.6) is 0 Å². The lowest BCUT2D eigenvalue weighted by atomic mass is 9.72. The van der Waals surface area contributed by atoms with E-state index in [1.54, 1.807) is 13.8 Å². The molecule has 0 aromatic heterocycles. The van der Waals surface area contributed by atoms with E-state index < -0.39 is 5.41 Å². The van der Waals surface area contributed by atoms with Gasteiger partial charge in [-0.25, -0.2) is 0 Å². The number of Topliss-reactive ketones (excluding diaryl/α,β-unsaturated/α-hetero) is 2. The Kier molecular flexibility index (Phi) is 7.88. The average molecular weight is 335 g/mol. The quantitative estimate of drug-likeness (QED) is 0.481. The van der Waals surface area contributed by atoms with E-state index in [1.807, 2.05) is 13.8 Å². The molecule has 1 atom stereocenters. The number of rotatable bonds is 6. The molecule has 3 heteroatoms. The van der Waals surface area contributed by atoms with Crippen LogP contribution in [-0.4, -0.2) is 18.7 Å². The highest BCUT2D eigenvalue weighted by molar-refractivity contribution is 6.24. The van der Waals surface area contributed by atoms with E-state index in [1.165, 1.54) is 12.7 Å². The van der Waals surface area contributed by atoms with Gasteiger partial charge in [0.05, 0.1) is 7.11 Å². The first-order valence-electron chi connectivity index (χ1n) is 8.30. The number of hydrogen-bond donors (Lipinski definition) is 0. The number of carbonyl (C=O) groups is 2. The van der Waals surface area contributed by atoms with Crippen molar-refractivity contribution >= 4 is 11.6 Å². The molecule has 0 amide bonds. The van der Waals surface area contributed by atoms with Gasteiger partial charge in [0.2, 0.25) is 5.78 Å². The van der Waals surface area contributed by atoms with Crippen molar-refractivity contribution in [3.8, 4) is 0 Å². The van der Waals surface area contributed by atoms with E-state index in [2.05, 4.69) is 26.8 Å². The highest BCUT2D eigenvalue weighted by atomic mass is 16.5. The standard InChI is InChI=1S/C20H30O3.CH4/c1-9-12(2)13(3)10-11-20(6,7)16-14(4)17(21)15(5)19(23-8)18(16)22;/h10,12H,9,11H2,1-8H3;1H4/b13-10+;. The maximum atomic E-state index is 12.8. The van der Waals surface area contributed by atoms with E-state index in [0.29, 0.717) is 22.6 Å². The van der Waals surface area contributed by atoms with Crippen LogP contribution in [0.2, 0.25) is 0 Å². The first kappa shape index (κ1) is 22.4. The van der Waals surface area contributed by atoms with Crippen LogP contribution in [0.3, 0.4) is 0 Å². The molecule has 1 rings (SSSR count). The van der Waals surface area contributed by atoms with Crippen LogP contribution in [0.25, 0.3) is 0 Å². The molecule has 24 heavy (non-hydrogen) atoms. The summed E-state index contributed by atoms with van der Waals surface area (Å²) in [6.07, 6.45) is 4.02. The molecule has 0 aliphatic heterocycles. The average Bonchev–Trinajstić information content (AvgIpc) is 2.50. The van der Waals surface area contributed by atoms with Gasteiger partial charge in [0.1, 0.15) is 0 Å². The van der Waals surface area contributed by atoms with Crippen LogP contribution < -0.4 is 0 Å². The van der Waals surface area contributed by atoms with Crippen LogP contribution in [0.15, 0.2) is 34.1 Å². The van der Waals surface area contributed by atoms with Gasteiger partial charge in [-0.2, -0.15) is 0 Å². The Hall–Kier alpha value is -1.64. The predicted octanol–water partition coefficient (Wildman–Crippen LogP) is 5.42. The molecule has 0 N–H and O–H groups in total. The maximum absolute atomic E-state index is 12.8. The molecule has 1 unspecified atom stereocenters. The van der Waals surface area contributed by atoms with Gasteiger partial charge in [0.15, 0.2) is 11.5 Å². The van der Waals surface area contributed by atoms with Gasteiger partial charge in [0.25, 0.3) is 0 Å². The van der Waals surface area contributed by atoms with E-state index >= 15 is 0 Å². The second-order valence-electron chi connectivity index (χ2n) is 7.16. The number of ketones is 2. The number of ether oxygens (including phenoxy) is 1. The molecular weight excluding hydrogens is 300 g/mol. The normalized spacial score (nSPS) is 17.9.